The summed E-state index contributed by atoms with van der Waals surface area (Å²) in [6.45, 7) is 2.89. The van der Waals surface area contributed by atoms with Crippen molar-refractivity contribution >= 4 is 37.4 Å². The molecule has 1 saturated heterocycles. The number of nitrogens with zero attached hydrogens (tertiary/aromatic N) is 2. The normalized spacial score (nSPS) is 26.5. The Hall–Kier alpha value is -2.22. The Morgan fingerprint density at radius 1 is 1.03 bits per heavy atom. The van der Waals surface area contributed by atoms with Gasteiger partial charge in [-0.05, 0) is 104 Å². The molecular formula is C28H32N2O3S2. The number of hydrogen-bond acceptors (Lipinski definition) is 4. The number of benzene rings is 2. The van der Waals surface area contributed by atoms with Gasteiger partial charge in [0, 0.05) is 23.8 Å². The summed E-state index contributed by atoms with van der Waals surface area (Å²) in [5, 5.41) is 3.30. The number of hydrogen-bond donors (Lipinski definition) is 0. The maximum absolute atomic E-state index is 14.1. The van der Waals surface area contributed by atoms with Crippen LogP contribution in [0.4, 0.5) is 0 Å². The molecule has 184 valence electrons. The number of amides is 1. The highest BCUT2D eigenvalue weighted by Crippen LogP contribution is 2.50. The van der Waals surface area contributed by atoms with Gasteiger partial charge < -0.3 is 4.90 Å². The van der Waals surface area contributed by atoms with E-state index in [0.29, 0.717) is 25.9 Å². The summed E-state index contributed by atoms with van der Waals surface area (Å²) in [5.41, 5.74) is 2.13. The van der Waals surface area contributed by atoms with E-state index >= 15 is 0 Å². The van der Waals surface area contributed by atoms with Crippen molar-refractivity contribution < 1.29 is 13.2 Å². The van der Waals surface area contributed by atoms with E-state index in [2.05, 4.69) is 29.6 Å². The molecule has 1 amide bonds. The van der Waals surface area contributed by atoms with Crippen molar-refractivity contribution in [1.29, 1.82) is 0 Å². The smallest absolute Gasteiger partial charge is 0.243 e. The van der Waals surface area contributed by atoms with Crippen molar-refractivity contribution in [3.63, 3.8) is 0 Å². The van der Waals surface area contributed by atoms with Gasteiger partial charge in [-0.1, -0.05) is 23.8 Å². The molecule has 3 unspecified atom stereocenters. The average Bonchev–Trinajstić information content (AvgIpc) is 3.22. The van der Waals surface area contributed by atoms with Gasteiger partial charge in [0.2, 0.25) is 15.9 Å². The predicted molar refractivity (Wildman–Crippen MR) is 140 cm³/mol. The van der Waals surface area contributed by atoms with E-state index in [1.807, 2.05) is 24.0 Å². The summed E-state index contributed by atoms with van der Waals surface area (Å²) in [7, 11) is -3.72. The van der Waals surface area contributed by atoms with E-state index in [0.717, 1.165) is 35.8 Å². The molecule has 2 saturated carbocycles. The van der Waals surface area contributed by atoms with Crippen LogP contribution in [0.3, 0.4) is 0 Å². The number of sulfonamides is 1. The molecule has 5 nitrogen and oxygen atoms in total. The predicted octanol–water partition coefficient (Wildman–Crippen LogP) is 5.58. The molecule has 0 bridgehead atoms. The molecule has 2 heterocycles. The van der Waals surface area contributed by atoms with Gasteiger partial charge in [0.15, 0.2) is 0 Å². The van der Waals surface area contributed by atoms with Gasteiger partial charge in [0.1, 0.15) is 6.04 Å². The van der Waals surface area contributed by atoms with E-state index in [9.17, 15) is 13.2 Å². The Bertz CT molecular complexity index is 1350. The van der Waals surface area contributed by atoms with Gasteiger partial charge >= 0.3 is 0 Å². The lowest BCUT2D eigenvalue weighted by Gasteiger charge is -2.37. The SMILES string of the molecule is Cc1ccc(S(=O)(=O)N2CCC[C@H]2C(=O)N(Cc2ccc3sccc3c2)C2CCC3CC3C2)cc1. The van der Waals surface area contributed by atoms with E-state index in [1.165, 1.54) is 27.2 Å². The minimum absolute atomic E-state index is 0.0206. The maximum atomic E-state index is 14.1. The molecule has 0 radical (unpaired) electrons. The van der Waals surface area contributed by atoms with Gasteiger partial charge in [0.25, 0.3) is 0 Å². The quantitative estimate of drug-likeness (QED) is 0.437. The largest absolute Gasteiger partial charge is 0.334 e. The zero-order valence-corrected chi connectivity index (χ0v) is 21.7. The van der Waals surface area contributed by atoms with Crippen LogP contribution in [-0.2, 0) is 21.4 Å². The van der Waals surface area contributed by atoms with Crippen LogP contribution in [0.1, 0.15) is 49.7 Å². The molecule has 0 spiro atoms. The Kier molecular flexibility index (Phi) is 5.98. The van der Waals surface area contributed by atoms with Crippen LogP contribution in [-0.4, -0.2) is 42.2 Å². The lowest BCUT2D eigenvalue weighted by molar-refractivity contribution is -0.138. The van der Waals surface area contributed by atoms with Gasteiger partial charge in [0.05, 0.1) is 4.90 Å². The number of rotatable bonds is 6. The van der Waals surface area contributed by atoms with Gasteiger partial charge in [-0.2, -0.15) is 4.31 Å². The third kappa shape index (κ3) is 4.43. The summed E-state index contributed by atoms with van der Waals surface area (Å²) < 4.78 is 29.8. The van der Waals surface area contributed by atoms with Crippen molar-refractivity contribution in [2.24, 2.45) is 11.8 Å². The third-order valence-corrected chi connectivity index (χ3v) is 11.0. The first-order chi connectivity index (χ1) is 16.9. The van der Waals surface area contributed by atoms with Crippen molar-refractivity contribution in [2.75, 3.05) is 6.54 Å². The number of carbonyl (C=O) groups excluding carboxylic acids is 1. The van der Waals surface area contributed by atoms with Crippen molar-refractivity contribution in [2.45, 2.75) is 69.0 Å². The van der Waals surface area contributed by atoms with Crippen LogP contribution < -0.4 is 0 Å². The summed E-state index contributed by atoms with van der Waals surface area (Å²) >= 11 is 1.72. The van der Waals surface area contributed by atoms with Crippen molar-refractivity contribution in [3.05, 3.63) is 65.0 Å². The second-order valence-corrected chi connectivity index (χ2v) is 13.4. The monoisotopic (exact) mass is 508 g/mol. The van der Waals surface area contributed by atoms with Crippen molar-refractivity contribution in [1.82, 2.24) is 9.21 Å². The molecule has 2 aliphatic carbocycles. The molecule has 4 atom stereocenters. The number of thiophene rings is 1. The standard InChI is InChI=1S/C28H32N2O3S2/c1-19-4-9-25(10-5-19)35(32,33)30-13-2-3-26(30)28(31)29(24-8-7-21-16-23(21)17-24)18-20-6-11-27-22(15-20)12-14-34-27/h4-6,9-12,14-15,21,23-24,26H,2-3,7-8,13,16-18H2,1H3/t21?,23?,24?,26-/m0/s1. The van der Waals surface area contributed by atoms with Crippen LogP contribution in [0.15, 0.2) is 58.8 Å². The van der Waals surface area contributed by atoms with E-state index < -0.39 is 16.1 Å². The fourth-order valence-corrected chi connectivity index (χ4v) is 8.54. The second kappa shape index (κ2) is 9.02. The van der Waals surface area contributed by atoms with Crippen LogP contribution in [0, 0.1) is 18.8 Å². The van der Waals surface area contributed by atoms with Gasteiger partial charge in [-0.3, -0.25) is 4.79 Å². The van der Waals surface area contributed by atoms with Crippen LogP contribution in [0.25, 0.3) is 10.1 Å². The first kappa shape index (κ1) is 23.2. The number of aryl methyl sites for hydroxylation is 1. The molecule has 7 heteroatoms. The van der Waals surface area contributed by atoms with E-state index in [1.54, 1.807) is 23.5 Å². The van der Waals surface area contributed by atoms with Crippen LogP contribution in [0.5, 0.6) is 0 Å². The highest BCUT2D eigenvalue weighted by Gasteiger charge is 2.47. The highest BCUT2D eigenvalue weighted by molar-refractivity contribution is 7.89. The molecule has 1 aromatic heterocycles. The van der Waals surface area contributed by atoms with Crippen molar-refractivity contribution in [3.8, 4) is 0 Å². The van der Waals surface area contributed by atoms with Gasteiger partial charge in [-0.15, -0.1) is 11.3 Å². The maximum Gasteiger partial charge on any atom is 0.243 e. The first-order valence-corrected chi connectivity index (χ1v) is 15.1. The molecule has 0 N–H and O–H groups in total. The fourth-order valence-electron chi connectivity index (χ4n) is 6.12. The summed E-state index contributed by atoms with van der Waals surface area (Å²) in [6, 6.07) is 15.1. The summed E-state index contributed by atoms with van der Waals surface area (Å²) in [4.78, 5) is 16.5. The molecule has 35 heavy (non-hydrogen) atoms. The molecule has 2 aromatic carbocycles. The summed E-state index contributed by atoms with van der Waals surface area (Å²) in [6.07, 6.45) is 5.84. The highest BCUT2D eigenvalue weighted by atomic mass is 32.2. The zero-order chi connectivity index (χ0) is 24.2. The second-order valence-electron chi connectivity index (χ2n) is 10.6. The van der Waals surface area contributed by atoms with Crippen LogP contribution >= 0.6 is 11.3 Å². The molecule has 3 aromatic rings. The lowest BCUT2D eigenvalue weighted by atomic mass is 9.93. The molecule has 3 fully saturated rings. The Morgan fingerprint density at radius 3 is 2.66 bits per heavy atom. The Balaban J connectivity index is 1.30. The molecule has 6 rings (SSSR count). The van der Waals surface area contributed by atoms with Crippen LogP contribution in [0.2, 0.25) is 0 Å². The fraction of sp³-hybridized carbons (Fsp3) is 0.464. The minimum atomic E-state index is -3.72. The minimum Gasteiger partial charge on any atom is -0.334 e. The lowest BCUT2D eigenvalue weighted by Crippen LogP contribution is -2.51. The molecule has 1 aliphatic heterocycles. The first-order valence-electron chi connectivity index (χ1n) is 12.8. The number of carbonyl (C=O) groups is 1. The third-order valence-electron chi connectivity index (χ3n) is 8.22. The Labute approximate surface area is 211 Å². The molecular weight excluding hydrogens is 476 g/mol. The zero-order valence-electron chi connectivity index (χ0n) is 20.1. The van der Waals surface area contributed by atoms with E-state index in [4.69, 9.17) is 0 Å². The molecule has 3 aliphatic rings. The van der Waals surface area contributed by atoms with Gasteiger partial charge in [-0.25, -0.2) is 8.42 Å². The topological polar surface area (TPSA) is 57.7 Å². The average molecular weight is 509 g/mol. The summed E-state index contributed by atoms with van der Waals surface area (Å²) in [5.74, 6) is 1.56. The Morgan fingerprint density at radius 2 is 1.86 bits per heavy atom. The number of fused-ring (bicyclic) bond motifs is 2. The van der Waals surface area contributed by atoms with E-state index in [-0.39, 0.29) is 16.8 Å².